The SMILES string of the molecule is CCCN1CCN(C=CC(=O)c2ccc(Cl)cc2Cl)CC1. The Bertz CT molecular complexity index is 523. The van der Waals surface area contributed by atoms with Gasteiger partial charge in [0.25, 0.3) is 0 Å². The summed E-state index contributed by atoms with van der Waals surface area (Å²) in [5, 5.41) is 0.928. The van der Waals surface area contributed by atoms with Gasteiger partial charge in [0.05, 0.1) is 5.02 Å². The zero-order chi connectivity index (χ0) is 15.2. The van der Waals surface area contributed by atoms with Crippen LogP contribution in [0.3, 0.4) is 0 Å². The second kappa shape index (κ2) is 7.83. The number of carbonyl (C=O) groups excluding carboxylic acids is 1. The Balaban J connectivity index is 1.91. The molecule has 5 heteroatoms. The van der Waals surface area contributed by atoms with Crippen LogP contribution < -0.4 is 0 Å². The van der Waals surface area contributed by atoms with Gasteiger partial charge in [-0.2, -0.15) is 0 Å². The number of allylic oxidation sites excluding steroid dienone is 1. The fourth-order valence-corrected chi connectivity index (χ4v) is 2.91. The lowest BCUT2D eigenvalue weighted by molar-refractivity contribution is 0.104. The van der Waals surface area contributed by atoms with E-state index in [0.717, 1.165) is 32.7 Å². The summed E-state index contributed by atoms with van der Waals surface area (Å²) in [5.41, 5.74) is 0.488. The van der Waals surface area contributed by atoms with Crippen molar-refractivity contribution in [2.24, 2.45) is 0 Å². The summed E-state index contributed by atoms with van der Waals surface area (Å²) >= 11 is 11.9. The molecule has 0 amide bonds. The molecule has 1 aromatic carbocycles. The number of rotatable bonds is 5. The maximum Gasteiger partial charge on any atom is 0.188 e. The zero-order valence-corrected chi connectivity index (χ0v) is 13.7. The lowest BCUT2D eigenvalue weighted by Gasteiger charge is -2.33. The number of ketones is 1. The van der Waals surface area contributed by atoms with E-state index < -0.39 is 0 Å². The van der Waals surface area contributed by atoms with E-state index in [9.17, 15) is 4.79 Å². The number of benzene rings is 1. The van der Waals surface area contributed by atoms with Gasteiger partial charge in [0.1, 0.15) is 0 Å². The molecule has 0 aromatic heterocycles. The average molecular weight is 327 g/mol. The predicted molar refractivity (Wildman–Crippen MR) is 88.2 cm³/mol. The first-order valence-corrected chi connectivity index (χ1v) is 7.99. The smallest absolute Gasteiger partial charge is 0.188 e. The Morgan fingerprint density at radius 1 is 1.24 bits per heavy atom. The summed E-state index contributed by atoms with van der Waals surface area (Å²) in [7, 11) is 0. The van der Waals surface area contributed by atoms with Gasteiger partial charge in [-0.05, 0) is 31.2 Å². The summed E-state index contributed by atoms with van der Waals surface area (Å²) in [4.78, 5) is 16.8. The molecule has 1 aliphatic heterocycles. The number of halogens is 2. The van der Waals surface area contributed by atoms with Gasteiger partial charge in [-0.1, -0.05) is 30.1 Å². The molecule has 0 N–H and O–H groups in total. The molecule has 1 saturated heterocycles. The van der Waals surface area contributed by atoms with Crippen molar-refractivity contribution >= 4 is 29.0 Å². The van der Waals surface area contributed by atoms with Crippen molar-refractivity contribution < 1.29 is 4.79 Å². The number of nitrogens with zero attached hydrogens (tertiary/aromatic N) is 2. The molecule has 0 atom stereocenters. The third-order valence-electron chi connectivity index (χ3n) is 3.58. The quantitative estimate of drug-likeness (QED) is 0.608. The monoisotopic (exact) mass is 326 g/mol. The van der Waals surface area contributed by atoms with E-state index in [1.54, 1.807) is 24.3 Å². The first-order valence-electron chi connectivity index (χ1n) is 7.24. The van der Waals surface area contributed by atoms with Gasteiger partial charge in [-0.25, -0.2) is 0 Å². The molecule has 3 nitrogen and oxygen atoms in total. The molecule has 0 bridgehead atoms. The van der Waals surface area contributed by atoms with Crippen molar-refractivity contribution in [3.05, 3.63) is 46.1 Å². The summed E-state index contributed by atoms with van der Waals surface area (Å²) < 4.78 is 0. The van der Waals surface area contributed by atoms with Gasteiger partial charge in [0.2, 0.25) is 0 Å². The highest BCUT2D eigenvalue weighted by molar-refractivity contribution is 6.37. The number of carbonyl (C=O) groups is 1. The Morgan fingerprint density at radius 2 is 1.95 bits per heavy atom. The molecule has 0 saturated carbocycles. The van der Waals surface area contributed by atoms with Crippen LogP contribution in [0.1, 0.15) is 23.7 Å². The molecule has 2 rings (SSSR count). The Hall–Kier alpha value is -1.03. The fourth-order valence-electron chi connectivity index (χ4n) is 2.40. The molecule has 21 heavy (non-hydrogen) atoms. The third kappa shape index (κ3) is 4.73. The zero-order valence-electron chi connectivity index (χ0n) is 12.2. The maximum absolute atomic E-state index is 12.1. The van der Waals surface area contributed by atoms with Crippen molar-refractivity contribution in [3.63, 3.8) is 0 Å². The van der Waals surface area contributed by atoms with Crippen LogP contribution in [0.25, 0.3) is 0 Å². The Morgan fingerprint density at radius 3 is 2.57 bits per heavy atom. The van der Waals surface area contributed by atoms with Crippen molar-refractivity contribution in [2.75, 3.05) is 32.7 Å². The first-order chi connectivity index (χ1) is 10.1. The highest BCUT2D eigenvalue weighted by atomic mass is 35.5. The molecular weight excluding hydrogens is 307 g/mol. The lowest BCUT2D eigenvalue weighted by atomic mass is 10.1. The van der Waals surface area contributed by atoms with Gasteiger partial charge < -0.3 is 4.90 Å². The first kappa shape index (κ1) is 16.3. The van der Waals surface area contributed by atoms with Crippen LogP contribution in [-0.4, -0.2) is 48.3 Å². The molecule has 1 heterocycles. The summed E-state index contributed by atoms with van der Waals surface area (Å²) in [5.74, 6) is -0.0901. The second-order valence-electron chi connectivity index (χ2n) is 5.18. The van der Waals surface area contributed by atoms with Crippen molar-refractivity contribution in [3.8, 4) is 0 Å². The normalized spacial score (nSPS) is 16.6. The number of piperazine rings is 1. The topological polar surface area (TPSA) is 23.6 Å². The van der Waals surface area contributed by atoms with Gasteiger partial charge in [0.15, 0.2) is 5.78 Å². The minimum absolute atomic E-state index is 0.0901. The number of hydrogen-bond donors (Lipinski definition) is 0. The standard InChI is InChI=1S/C16H20Cl2N2O/c1-2-6-19-8-10-20(11-9-19)7-5-16(21)14-4-3-13(17)12-15(14)18/h3-5,7,12H,2,6,8-11H2,1H3. The molecule has 0 radical (unpaired) electrons. The van der Waals surface area contributed by atoms with Crippen LogP contribution in [0.4, 0.5) is 0 Å². The minimum Gasteiger partial charge on any atom is -0.375 e. The van der Waals surface area contributed by atoms with E-state index in [1.165, 1.54) is 6.42 Å². The highest BCUT2D eigenvalue weighted by Gasteiger charge is 2.14. The second-order valence-corrected chi connectivity index (χ2v) is 6.03. The van der Waals surface area contributed by atoms with E-state index in [1.807, 2.05) is 6.20 Å². The molecule has 0 spiro atoms. The lowest BCUT2D eigenvalue weighted by Crippen LogP contribution is -2.44. The average Bonchev–Trinajstić information content (AvgIpc) is 2.46. The van der Waals surface area contributed by atoms with Gasteiger partial charge >= 0.3 is 0 Å². The minimum atomic E-state index is -0.0901. The number of hydrogen-bond acceptors (Lipinski definition) is 3. The summed E-state index contributed by atoms with van der Waals surface area (Å²) in [6.07, 6.45) is 4.64. The van der Waals surface area contributed by atoms with Gasteiger partial charge in [-0.3, -0.25) is 9.69 Å². The van der Waals surface area contributed by atoms with Crippen LogP contribution in [0, 0.1) is 0 Å². The van der Waals surface area contributed by atoms with Gasteiger partial charge in [0, 0.05) is 49.0 Å². The van der Waals surface area contributed by atoms with Crippen LogP contribution in [-0.2, 0) is 0 Å². The van der Waals surface area contributed by atoms with Crippen LogP contribution in [0.2, 0.25) is 10.0 Å². The Labute approximate surface area is 136 Å². The molecular formula is C16H20Cl2N2O. The Kier molecular flexibility index (Phi) is 6.09. The van der Waals surface area contributed by atoms with Crippen molar-refractivity contribution in [1.82, 2.24) is 9.80 Å². The predicted octanol–water partition coefficient (Wildman–Crippen LogP) is 3.72. The third-order valence-corrected chi connectivity index (χ3v) is 4.13. The molecule has 0 aliphatic carbocycles. The largest absolute Gasteiger partial charge is 0.375 e. The van der Waals surface area contributed by atoms with E-state index >= 15 is 0 Å². The van der Waals surface area contributed by atoms with Crippen LogP contribution >= 0.6 is 23.2 Å². The van der Waals surface area contributed by atoms with E-state index in [-0.39, 0.29) is 5.78 Å². The van der Waals surface area contributed by atoms with Crippen LogP contribution in [0.15, 0.2) is 30.5 Å². The molecule has 1 fully saturated rings. The summed E-state index contributed by atoms with van der Waals surface area (Å²) in [6.45, 7) is 7.36. The van der Waals surface area contributed by atoms with E-state index in [4.69, 9.17) is 23.2 Å². The van der Waals surface area contributed by atoms with Crippen LogP contribution in [0.5, 0.6) is 0 Å². The molecule has 114 valence electrons. The fraction of sp³-hybridized carbons (Fsp3) is 0.438. The molecule has 1 aliphatic rings. The highest BCUT2D eigenvalue weighted by Crippen LogP contribution is 2.21. The molecule has 0 unspecified atom stereocenters. The van der Waals surface area contributed by atoms with E-state index in [0.29, 0.717) is 15.6 Å². The molecule has 1 aromatic rings. The summed E-state index contributed by atoms with van der Waals surface area (Å²) in [6, 6.07) is 4.93. The van der Waals surface area contributed by atoms with E-state index in [2.05, 4.69) is 16.7 Å². The maximum atomic E-state index is 12.1. The van der Waals surface area contributed by atoms with Crippen molar-refractivity contribution in [2.45, 2.75) is 13.3 Å². The van der Waals surface area contributed by atoms with Gasteiger partial charge in [-0.15, -0.1) is 0 Å². The van der Waals surface area contributed by atoms with Crippen molar-refractivity contribution in [1.29, 1.82) is 0 Å².